The van der Waals surface area contributed by atoms with E-state index in [-0.39, 0.29) is 40.0 Å². The van der Waals surface area contributed by atoms with Crippen LogP contribution >= 0.6 is 0 Å². The van der Waals surface area contributed by atoms with Crippen molar-refractivity contribution in [2.45, 2.75) is 86.0 Å². The number of aliphatic hydroxyl groups is 3. The molecule has 6 heteroatoms. The first-order valence-corrected chi connectivity index (χ1v) is 8.64. The van der Waals surface area contributed by atoms with Crippen LogP contribution in [-0.4, -0.2) is 44.7 Å². The predicted octanol–water partition coefficient (Wildman–Crippen LogP) is 3.91. The van der Waals surface area contributed by atoms with Crippen molar-refractivity contribution in [2.75, 3.05) is 0 Å². The smallest absolute Gasteiger partial charge is 0.303 e. The molecule has 5 nitrogen and oxygen atoms in total. The van der Waals surface area contributed by atoms with E-state index < -0.39 is 5.97 Å². The fourth-order valence-electron chi connectivity index (χ4n) is 0.670. The van der Waals surface area contributed by atoms with Gasteiger partial charge in [0, 0.05) is 46.5 Å². The first-order chi connectivity index (χ1) is 11.5. The molecule has 0 aliphatic rings. The molecule has 0 atom stereocenters. The van der Waals surface area contributed by atoms with Gasteiger partial charge in [-0.2, -0.15) is 36.4 Å². The molecule has 26 heavy (non-hydrogen) atoms. The van der Waals surface area contributed by atoms with Crippen LogP contribution in [0.3, 0.4) is 0 Å². The fraction of sp³-hybridized carbons (Fsp3) is 0.650. The number of hydrogen-bond acceptors (Lipinski definition) is 4. The van der Waals surface area contributed by atoms with Gasteiger partial charge in [0.15, 0.2) is 0 Å². The standard InChI is InChI=1S/C6H5.C5H10O2.3C3H8O.Ti/c1-2-4-6-5-3-1;1-2-3-4-5(6)7;3*1-3(2)4;/h1-5H;2-4H2,1H3,(H,6,7);3*3-4H,1-2H3;/q-1;;;;;. The van der Waals surface area contributed by atoms with Gasteiger partial charge in [0.05, 0.1) is 0 Å². The minimum Gasteiger partial charge on any atom is -0.481 e. The second kappa shape index (κ2) is 32.0. The monoisotopic (exact) mass is 407 g/mol. The van der Waals surface area contributed by atoms with Crippen LogP contribution in [0.1, 0.15) is 67.7 Å². The van der Waals surface area contributed by atoms with Crippen LogP contribution in [0.15, 0.2) is 30.3 Å². The Balaban J connectivity index is -0.0000000717. The summed E-state index contributed by atoms with van der Waals surface area (Å²) in [5.74, 6) is -0.693. The third-order valence-electron chi connectivity index (χ3n) is 1.35. The Morgan fingerprint density at radius 1 is 0.846 bits per heavy atom. The quantitative estimate of drug-likeness (QED) is 0.450. The number of unbranched alkanes of at least 4 members (excludes halogenated alkanes) is 1. The molecular formula is C20H39O5Ti-. The van der Waals surface area contributed by atoms with Crippen molar-refractivity contribution in [3.05, 3.63) is 36.4 Å². The molecule has 0 radical (unpaired) electrons. The van der Waals surface area contributed by atoms with Gasteiger partial charge < -0.3 is 20.4 Å². The molecule has 0 saturated carbocycles. The van der Waals surface area contributed by atoms with Crippen LogP contribution in [-0.2, 0) is 26.5 Å². The minimum absolute atomic E-state index is 0. The predicted molar refractivity (Wildman–Crippen MR) is 105 cm³/mol. The number of aliphatic hydroxyl groups excluding tert-OH is 3. The Labute approximate surface area is 175 Å². The molecule has 0 aromatic heterocycles. The molecule has 0 saturated heterocycles. The van der Waals surface area contributed by atoms with Gasteiger partial charge in [-0.15, -0.1) is 0 Å². The van der Waals surface area contributed by atoms with Crippen molar-refractivity contribution in [3.63, 3.8) is 0 Å². The largest absolute Gasteiger partial charge is 0.481 e. The first-order valence-electron chi connectivity index (χ1n) is 8.64. The average molecular weight is 407 g/mol. The molecular weight excluding hydrogens is 368 g/mol. The van der Waals surface area contributed by atoms with Gasteiger partial charge in [0.2, 0.25) is 0 Å². The Bertz CT molecular complexity index is 281. The van der Waals surface area contributed by atoms with E-state index in [1.165, 1.54) is 0 Å². The molecule has 0 bridgehead atoms. The van der Waals surface area contributed by atoms with Gasteiger partial charge in [0.25, 0.3) is 0 Å². The van der Waals surface area contributed by atoms with E-state index >= 15 is 0 Å². The molecule has 0 aliphatic carbocycles. The van der Waals surface area contributed by atoms with Gasteiger partial charge in [-0.25, -0.2) is 0 Å². The maximum absolute atomic E-state index is 9.76. The van der Waals surface area contributed by atoms with E-state index in [1.54, 1.807) is 41.5 Å². The van der Waals surface area contributed by atoms with Crippen molar-refractivity contribution in [3.8, 4) is 0 Å². The van der Waals surface area contributed by atoms with E-state index in [0.29, 0.717) is 6.42 Å². The van der Waals surface area contributed by atoms with E-state index in [0.717, 1.165) is 12.8 Å². The summed E-state index contributed by atoms with van der Waals surface area (Å²) in [6, 6.07) is 12.5. The number of benzene rings is 1. The van der Waals surface area contributed by atoms with Crippen molar-refractivity contribution in [2.24, 2.45) is 0 Å². The Hall–Kier alpha value is -0.716. The molecule has 0 fully saturated rings. The van der Waals surface area contributed by atoms with E-state index in [9.17, 15) is 4.79 Å². The topological polar surface area (TPSA) is 98.0 Å². The van der Waals surface area contributed by atoms with Crippen LogP contribution in [0.5, 0.6) is 0 Å². The second-order valence-electron chi connectivity index (χ2n) is 5.86. The Kier molecular flexibility index (Phi) is 44.6. The molecule has 4 N–H and O–H groups in total. The summed E-state index contributed by atoms with van der Waals surface area (Å²) in [7, 11) is 0. The maximum Gasteiger partial charge on any atom is 0.303 e. The molecule has 1 aromatic carbocycles. The summed E-state index contributed by atoms with van der Waals surface area (Å²) >= 11 is 0. The minimum atomic E-state index is -0.693. The Morgan fingerprint density at radius 3 is 1.23 bits per heavy atom. The molecule has 1 aromatic rings. The SMILES string of the molecule is CC(C)O.CC(C)O.CC(C)O.CCCCC(=O)O.[Ti].[c-]1ccccc1. The number of carbonyl (C=O) groups is 1. The van der Waals surface area contributed by atoms with Crippen LogP contribution in [0.2, 0.25) is 0 Å². The number of rotatable bonds is 3. The van der Waals surface area contributed by atoms with Crippen LogP contribution in [0, 0.1) is 6.07 Å². The van der Waals surface area contributed by atoms with Crippen LogP contribution in [0.4, 0.5) is 0 Å². The summed E-state index contributed by atoms with van der Waals surface area (Å²) < 4.78 is 0. The zero-order valence-corrected chi connectivity index (χ0v) is 19.0. The van der Waals surface area contributed by atoms with Crippen LogP contribution < -0.4 is 0 Å². The second-order valence-corrected chi connectivity index (χ2v) is 5.86. The van der Waals surface area contributed by atoms with Crippen molar-refractivity contribution < 1.29 is 46.9 Å². The van der Waals surface area contributed by atoms with E-state index in [4.69, 9.17) is 20.4 Å². The van der Waals surface area contributed by atoms with Gasteiger partial charge in [0.1, 0.15) is 0 Å². The summed E-state index contributed by atoms with van der Waals surface area (Å²) in [5, 5.41) is 32.2. The maximum atomic E-state index is 9.76. The normalized spacial score (nSPS) is 8.35. The zero-order valence-electron chi connectivity index (χ0n) is 17.4. The zero-order chi connectivity index (χ0) is 20.7. The van der Waals surface area contributed by atoms with Crippen molar-refractivity contribution in [1.29, 1.82) is 0 Å². The summed E-state index contributed by atoms with van der Waals surface area (Å²) in [6.45, 7) is 12.3. The van der Waals surface area contributed by atoms with Crippen LogP contribution in [0.25, 0.3) is 0 Å². The van der Waals surface area contributed by atoms with Crippen molar-refractivity contribution in [1.82, 2.24) is 0 Å². The molecule has 0 amide bonds. The third-order valence-corrected chi connectivity index (χ3v) is 1.35. The van der Waals surface area contributed by atoms with Gasteiger partial charge >= 0.3 is 5.97 Å². The molecule has 0 unspecified atom stereocenters. The molecule has 1 rings (SSSR count). The molecule has 154 valence electrons. The summed E-state index contributed by atoms with van der Waals surface area (Å²) in [4.78, 5) is 9.76. The summed E-state index contributed by atoms with van der Waals surface area (Å²) in [5.41, 5.74) is 0. The molecule has 0 spiro atoms. The Morgan fingerprint density at radius 2 is 1.15 bits per heavy atom. The number of aliphatic carboxylic acids is 1. The van der Waals surface area contributed by atoms with Crippen molar-refractivity contribution >= 4 is 5.97 Å². The molecule has 0 heterocycles. The number of carboxylic acids is 1. The number of hydrogen-bond donors (Lipinski definition) is 4. The van der Waals surface area contributed by atoms with Gasteiger partial charge in [-0.05, 0) is 48.0 Å². The fourth-order valence-corrected chi connectivity index (χ4v) is 0.670. The summed E-state index contributed by atoms with van der Waals surface area (Å²) in [6.07, 6.45) is 1.58. The average Bonchev–Trinajstić information content (AvgIpc) is 2.46. The number of carboxylic acid groups (broad SMARTS) is 1. The molecule has 0 aliphatic heterocycles. The van der Waals surface area contributed by atoms with Gasteiger partial charge in [-0.3, -0.25) is 4.79 Å². The third kappa shape index (κ3) is 134. The van der Waals surface area contributed by atoms with E-state index in [1.807, 2.05) is 37.3 Å². The van der Waals surface area contributed by atoms with E-state index in [2.05, 4.69) is 6.07 Å². The van der Waals surface area contributed by atoms with Gasteiger partial charge in [-0.1, -0.05) is 13.3 Å². The first kappa shape index (κ1) is 36.2.